The van der Waals surface area contributed by atoms with Gasteiger partial charge in [0, 0.05) is 36.0 Å². The van der Waals surface area contributed by atoms with Crippen LogP contribution in [0.1, 0.15) is 42.3 Å². The molecule has 1 amide bonds. The van der Waals surface area contributed by atoms with Crippen LogP contribution in [0.5, 0.6) is 5.75 Å². The van der Waals surface area contributed by atoms with Crippen LogP contribution < -0.4 is 21.1 Å². The first-order chi connectivity index (χ1) is 16.3. The molecule has 176 valence electrons. The Bertz CT molecular complexity index is 1300. The highest BCUT2D eigenvalue weighted by Crippen LogP contribution is 2.32. The van der Waals surface area contributed by atoms with Crippen LogP contribution in [0.2, 0.25) is 0 Å². The van der Waals surface area contributed by atoms with Gasteiger partial charge in [0.2, 0.25) is 0 Å². The van der Waals surface area contributed by atoms with Crippen molar-refractivity contribution >= 4 is 17.4 Å². The maximum atomic E-state index is 12.9. The first-order valence-electron chi connectivity index (χ1n) is 11.3. The molecule has 0 fully saturated rings. The number of benzene rings is 2. The summed E-state index contributed by atoms with van der Waals surface area (Å²) in [5.74, 6) is 1.51. The molecule has 4 rings (SSSR count). The van der Waals surface area contributed by atoms with Gasteiger partial charge in [0.1, 0.15) is 22.9 Å². The van der Waals surface area contributed by atoms with Crippen molar-refractivity contribution in [1.29, 1.82) is 0 Å². The van der Waals surface area contributed by atoms with Gasteiger partial charge >= 0.3 is 0 Å². The van der Waals surface area contributed by atoms with Gasteiger partial charge in [0.15, 0.2) is 0 Å². The molecule has 0 saturated heterocycles. The van der Waals surface area contributed by atoms with E-state index in [0.717, 1.165) is 34.0 Å². The van der Waals surface area contributed by atoms with E-state index < -0.39 is 0 Å². The van der Waals surface area contributed by atoms with E-state index in [9.17, 15) is 4.79 Å². The van der Waals surface area contributed by atoms with E-state index in [0.29, 0.717) is 24.3 Å². The SMILES string of the molecule is COc1ccc(-c2nc3cc(C(=O)NCc4cccc(CN)c4)ccn3c2NC(C)(C)C)cc1. The fourth-order valence-corrected chi connectivity index (χ4v) is 3.76. The standard InChI is InChI=1S/C27H31N5O2/c1-27(2,3)31-25-24(20-8-10-22(34-4)11-9-20)30-23-15-21(12-13-32(23)25)26(33)29-17-19-7-5-6-18(14-19)16-28/h5-15,31H,16-17,28H2,1-4H3,(H,29,33). The van der Waals surface area contributed by atoms with Crippen LogP contribution in [-0.4, -0.2) is 27.9 Å². The topological polar surface area (TPSA) is 93.7 Å². The number of rotatable bonds is 7. The summed E-state index contributed by atoms with van der Waals surface area (Å²) in [7, 11) is 1.65. The third-order valence-corrected chi connectivity index (χ3v) is 5.43. The summed E-state index contributed by atoms with van der Waals surface area (Å²) in [5, 5.41) is 6.55. The molecule has 0 atom stereocenters. The minimum atomic E-state index is -0.175. The van der Waals surface area contributed by atoms with E-state index in [1.165, 1.54) is 0 Å². The molecule has 0 bridgehead atoms. The second-order valence-corrected chi connectivity index (χ2v) is 9.26. The summed E-state index contributed by atoms with van der Waals surface area (Å²) < 4.78 is 7.27. The number of nitrogens with two attached hydrogens (primary N) is 1. The molecule has 0 aliphatic carbocycles. The Morgan fingerprint density at radius 2 is 1.79 bits per heavy atom. The molecule has 2 aromatic heterocycles. The van der Waals surface area contributed by atoms with Crippen molar-refractivity contribution in [2.24, 2.45) is 5.73 Å². The number of aromatic nitrogens is 2. The molecule has 7 nitrogen and oxygen atoms in total. The van der Waals surface area contributed by atoms with Crippen LogP contribution in [-0.2, 0) is 13.1 Å². The number of hydrogen-bond donors (Lipinski definition) is 3. The van der Waals surface area contributed by atoms with Gasteiger partial charge < -0.3 is 21.1 Å². The molecule has 0 unspecified atom stereocenters. The number of carbonyl (C=O) groups is 1. The molecular weight excluding hydrogens is 426 g/mol. The lowest BCUT2D eigenvalue weighted by Crippen LogP contribution is -2.27. The zero-order valence-electron chi connectivity index (χ0n) is 20.1. The lowest BCUT2D eigenvalue weighted by atomic mass is 10.1. The summed E-state index contributed by atoms with van der Waals surface area (Å²) in [5.41, 5.74) is 10.6. The smallest absolute Gasteiger partial charge is 0.251 e. The number of imidazole rings is 1. The Labute approximate surface area is 200 Å². The summed E-state index contributed by atoms with van der Waals surface area (Å²) in [6.45, 7) is 7.21. The second-order valence-electron chi connectivity index (χ2n) is 9.26. The first-order valence-corrected chi connectivity index (χ1v) is 11.3. The van der Waals surface area contributed by atoms with E-state index in [2.05, 4.69) is 31.4 Å². The molecule has 0 aliphatic rings. The highest BCUT2D eigenvalue weighted by Gasteiger charge is 2.20. The molecule has 2 aromatic carbocycles. The molecule has 4 aromatic rings. The quantitative estimate of drug-likeness (QED) is 0.377. The number of fused-ring (bicyclic) bond motifs is 1. The highest BCUT2D eigenvalue weighted by molar-refractivity contribution is 5.95. The zero-order chi connectivity index (χ0) is 24.3. The van der Waals surface area contributed by atoms with E-state index in [4.69, 9.17) is 15.5 Å². The van der Waals surface area contributed by atoms with Crippen molar-refractivity contribution in [3.63, 3.8) is 0 Å². The van der Waals surface area contributed by atoms with Gasteiger partial charge in [-0.1, -0.05) is 24.3 Å². The lowest BCUT2D eigenvalue weighted by molar-refractivity contribution is 0.0951. The fourth-order valence-electron chi connectivity index (χ4n) is 3.76. The number of anilines is 1. The molecule has 34 heavy (non-hydrogen) atoms. The average Bonchev–Trinajstić information content (AvgIpc) is 3.18. The second kappa shape index (κ2) is 9.57. The van der Waals surface area contributed by atoms with Crippen LogP contribution in [0.4, 0.5) is 5.82 Å². The van der Waals surface area contributed by atoms with E-state index in [1.54, 1.807) is 7.11 Å². The van der Waals surface area contributed by atoms with E-state index in [-0.39, 0.29) is 11.4 Å². The van der Waals surface area contributed by atoms with Gasteiger partial charge in [0.25, 0.3) is 5.91 Å². The number of amides is 1. The predicted molar refractivity (Wildman–Crippen MR) is 136 cm³/mol. The number of carbonyl (C=O) groups excluding carboxylic acids is 1. The van der Waals surface area contributed by atoms with Gasteiger partial charge in [-0.15, -0.1) is 0 Å². The van der Waals surface area contributed by atoms with Crippen LogP contribution in [0.25, 0.3) is 16.9 Å². The first kappa shape index (κ1) is 23.3. The van der Waals surface area contributed by atoms with Crippen molar-refractivity contribution in [2.45, 2.75) is 39.4 Å². The molecule has 0 spiro atoms. The third-order valence-electron chi connectivity index (χ3n) is 5.43. The number of pyridine rings is 1. The normalized spacial score (nSPS) is 11.4. The average molecular weight is 458 g/mol. The number of nitrogens with zero attached hydrogens (tertiary/aromatic N) is 2. The Hall–Kier alpha value is -3.84. The number of methoxy groups -OCH3 is 1. The van der Waals surface area contributed by atoms with Crippen LogP contribution in [0.3, 0.4) is 0 Å². The highest BCUT2D eigenvalue weighted by atomic mass is 16.5. The third kappa shape index (κ3) is 5.21. The molecule has 2 heterocycles. The zero-order valence-corrected chi connectivity index (χ0v) is 20.1. The Morgan fingerprint density at radius 3 is 2.47 bits per heavy atom. The molecule has 7 heteroatoms. The van der Waals surface area contributed by atoms with Crippen molar-refractivity contribution in [2.75, 3.05) is 12.4 Å². The maximum Gasteiger partial charge on any atom is 0.251 e. The maximum absolute atomic E-state index is 12.9. The molecule has 0 saturated carbocycles. The predicted octanol–water partition coefficient (Wildman–Crippen LogP) is 4.61. The minimum absolute atomic E-state index is 0.153. The Balaban J connectivity index is 1.65. The van der Waals surface area contributed by atoms with E-state index >= 15 is 0 Å². The van der Waals surface area contributed by atoms with E-state index in [1.807, 2.05) is 71.3 Å². The van der Waals surface area contributed by atoms with Crippen molar-refractivity contribution in [3.05, 3.63) is 83.6 Å². The summed E-state index contributed by atoms with van der Waals surface area (Å²) in [6, 6.07) is 19.3. The van der Waals surface area contributed by atoms with Crippen LogP contribution in [0.15, 0.2) is 66.9 Å². The molecule has 0 radical (unpaired) electrons. The summed E-state index contributed by atoms with van der Waals surface area (Å²) >= 11 is 0. The number of hydrogen-bond acceptors (Lipinski definition) is 5. The lowest BCUT2D eigenvalue weighted by Gasteiger charge is -2.22. The number of nitrogens with one attached hydrogen (secondary N) is 2. The Kier molecular flexibility index (Phi) is 6.56. The largest absolute Gasteiger partial charge is 0.497 e. The van der Waals surface area contributed by atoms with Crippen molar-refractivity contribution in [3.8, 4) is 17.0 Å². The van der Waals surface area contributed by atoms with Gasteiger partial charge in [-0.3, -0.25) is 9.20 Å². The van der Waals surface area contributed by atoms with Gasteiger partial charge in [0.05, 0.1) is 7.11 Å². The molecule has 0 aliphatic heterocycles. The van der Waals surface area contributed by atoms with Crippen molar-refractivity contribution in [1.82, 2.24) is 14.7 Å². The Morgan fingerprint density at radius 1 is 1.06 bits per heavy atom. The monoisotopic (exact) mass is 457 g/mol. The molecular formula is C27H31N5O2. The fraction of sp³-hybridized carbons (Fsp3) is 0.259. The number of ether oxygens (including phenoxy) is 1. The minimum Gasteiger partial charge on any atom is -0.497 e. The van der Waals surface area contributed by atoms with Crippen LogP contribution in [0, 0.1) is 0 Å². The van der Waals surface area contributed by atoms with Crippen molar-refractivity contribution < 1.29 is 9.53 Å². The summed E-state index contributed by atoms with van der Waals surface area (Å²) in [4.78, 5) is 17.7. The van der Waals surface area contributed by atoms with Crippen LogP contribution >= 0.6 is 0 Å². The van der Waals surface area contributed by atoms with Gasteiger partial charge in [-0.2, -0.15) is 0 Å². The molecule has 4 N–H and O–H groups in total. The van der Waals surface area contributed by atoms with Gasteiger partial charge in [-0.25, -0.2) is 4.98 Å². The summed E-state index contributed by atoms with van der Waals surface area (Å²) in [6.07, 6.45) is 1.88. The van der Waals surface area contributed by atoms with Gasteiger partial charge in [-0.05, 0) is 68.3 Å².